The zero-order valence-corrected chi connectivity index (χ0v) is 15.4. The number of carbonyl (C=O) groups is 2. The number of nitrogens with two attached hydrogens (primary N) is 1. The summed E-state index contributed by atoms with van der Waals surface area (Å²) >= 11 is 0. The Morgan fingerprint density at radius 2 is 2.00 bits per heavy atom. The molecule has 1 atom stereocenters. The number of halogens is 1. The summed E-state index contributed by atoms with van der Waals surface area (Å²) in [6.45, 7) is 0.967. The van der Waals surface area contributed by atoms with Crippen LogP contribution in [0, 0.1) is 0 Å². The molecule has 1 aromatic heterocycles. The van der Waals surface area contributed by atoms with Crippen molar-refractivity contribution in [1.29, 1.82) is 0 Å². The Labute approximate surface area is 158 Å². The van der Waals surface area contributed by atoms with Gasteiger partial charge in [-0.15, -0.1) is 12.4 Å². The second-order valence-corrected chi connectivity index (χ2v) is 5.54. The number of benzene rings is 1. The average Bonchev–Trinajstić information content (AvgIpc) is 3.02. The molecule has 4 N–H and O–H groups in total. The fourth-order valence-corrected chi connectivity index (χ4v) is 2.24. The van der Waals surface area contributed by atoms with Gasteiger partial charge in [-0.1, -0.05) is 30.3 Å². The normalized spacial score (nSPS) is 11.3. The van der Waals surface area contributed by atoms with E-state index >= 15 is 0 Å². The van der Waals surface area contributed by atoms with E-state index in [2.05, 4.69) is 15.7 Å². The van der Waals surface area contributed by atoms with Gasteiger partial charge in [0.05, 0.1) is 18.5 Å². The summed E-state index contributed by atoms with van der Waals surface area (Å²) in [5.41, 5.74) is 7.46. The molecule has 0 spiro atoms. The maximum atomic E-state index is 12.1. The smallest absolute Gasteiger partial charge is 0.241 e. The Kier molecular flexibility index (Phi) is 9.35. The molecular formula is C17H24ClN5O3. The third-order valence-electron chi connectivity index (χ3n) is 3.48. The third kappa shape index (κ3) is 7.22. The Hall–Kier alpha value is -2.42. The molecule has 0 fully saturated rings. The van der Waals surface area contributed by atoms with E-state index in [4.69, 9.17) is 10.5 Å². The zero-order chi connectivity index (χ0) is 18.1. The highest BCUT2D eigenvalue weighted by atomic mass is 35.5. The SMILES string of the molecule is COCCNC(=O)Cn1cc(NC(=O)CC(N)c2ccccc2)cn1.Cl. The number of carbonyl (C=O) groups excluding carboxylic acids is 2. The van der Waals surface area contributed by atoms with Gasteiger partial charge in [-0.3, -0.25) is 14.3 Å². The summed E-state index contributed by atoms with van der Waals surface area (Å²) < 4.78 is 6.31. The topological polar surface area (TPSA) is 111 Å². The average molecular weight is 382 g/mol. The standard InChI is InChI=1S/C17H23N5O3.ClH/c1-25-8-7-19-17(24)12-22-11-14(10-20-22)21-16(23)9-15(18)13-5-3-2-4-6-13;/h2-6,10-11,15H,7-9,12,18H2,1H3,(H,19,24)(H,21,23);1H. The number of amides is 2. The fourth-order valence-electron chi connectivity index (χ4n) is 2.24. The first-order valence-corrected chi connectivity index (χ1v) is 7.97. The molecule has 0 radical (unpaired) electrons. The van der Waals surface area contributed by atoms with Crippen LogP contribution in [0.15, 0.2) is 42.7 Å². The van der Waals surface area contributed by atoms with Gasteiger partial charge >= 0.3 is 0 Å². The van der Waals surface area contributed by atoms with Gasteiger partial charge in [0.25, 0.3) is 0 Å². The minimum Gasteiger partial charge on any atom is -0.383 e. The molecule has 1 heterocycles. The number of nitrogens with zero attached hydrogens (tertiary/aromatic N) is 2. The Bertz CT molecular complexity index is 693. The second kappa shape index (κ2) is 11.2. The summed E-state index contributed by atoms with van der Waals surface area (Å²) in [5.74, 6) is -0.385. The number of hydrogen-bond acceptors (Lipinski definition) is 5. The maximum absolute atomic E-state index is 12.1. The molecule has 142 valence electrons. The minimum absolute atomic E-state index is 0. The van der Waals surface area contributed by atoms with Gasteiger partial charge in [-0.05, 0) is 5.56 Å². The number of methoxy groups -OCH3 is 1. The van der Waals surface area contributed by atoms with E-state index in [0.717, 1.165) is 5.56 Å². The molecule has 0 aliphatic heterocycles. The molecule has 2 rings (SSSR count). The van der Waals surface area contributed by atoms with Crippen molar-refractivity contribution in [3.8, 4) is 0 Å². The van der Waals surface area contributed by atoms with Crippen LogP contribution in [0.4, 0.5) is 5.69 Å². The molecule has 2 amide bonds. The monoisotopic (exact) mass is 381 g/mol. The van der Waals surface area contributed by atoms with E-state index in [9.17, 15) is 9.59 Å². The summed E-state index contributed by atoms with van der Waals surface area (Å²) in [6, 6.07) is 9.07. The highest BCUT2D eigenvalue weighted by Crippen LogP contribution is 2.14. The van der Waals surface area contributed by atoms with Gasteiger partial charge in [0.2, 0.25) is 11.8 Å². The Balaban J connectivity index is 0.00000338. The molecule has 0 saturated carbocycles. The first-order chi connectivity index (χ1) is 12.1. The molecule has 0 aliphatic carbocycles. The summed E-state index contributed by atoms with van der Waals surface area (Å²) in [6.07, 6.45) is 3.25. The molecule has 2 aromatic rings. The summed E-state index contributed by atoms with van der Waals surface area (Å²) in [5, 5.41) is 9.49. The van der Waals surface area contributed by atoms with E-state index in [1.54, 1.807) is 13.3 Å². The summed E-state index contributed by atoms with van der Waals surface area (Å²) in [4.78, 5) is 23.8. The first kappa shape index (κ1) is 21.6. The number of ether oxygens (including phenoxy) is 1. The summed E-state index contributed by atoms with van der Waals surface area (Å²) in [7, 11) is 1.57. The molecule has 1 aromatic carbocycles. The minimum atomic E-state index is -0.372. The van der Waals surface area contributed by atoms with Gasteiger partial charge in [-0.2, -0.15) is 5.10 Å². The first-order valence-electron chi connectivity index (χ1n) is 7.97. The van der Waals surface area contributed by atoms with Gasteiger partial charge in [0.15, 0.2) is 0 Å². The van der Waals surface area contributed by atoms with Crippen molar-refractivity contribution in [2.24, 2.45) is 5.73 Å². The second-order valence-electron chi connectivity index (χ2n) is 5.54. The number of anilines is 1. The number of rotatable bonds is 9. The molecule has 0 bridgehead atoms. The number of aromatic nitrogens is 2. The zero-order valence-electron chi connectivity index (χ0n) is 14.6. The lowest BCUT2D eigenvalue weighted by Crippen LogP contribution is -2.30. The van der Waals surface area contributed by atoms with Gasteiger partial charge in [0.1, 0.15) is 6.54 Å². The Morgan fingerprint density at radius 1 is 1.27 bits per heavy atom. The van der Waals surface area contributed by atoms with E-state index in [1.165, 1.54) is 10.9 Å². The molecular weight excluding hydrogens is 358 g/mol. The Morgan fingerprint density at radius 3 is 2.69 bits per heavy atom. The predicted octanol–water partition coefficient (Wildman–Crippen LogP) is 1.10. The van der Waals surface area contributed by atoms with Crippen molar-refractivity contribution >= 4 is 29.9 Å². The number of nitrogens with one attached hydrogen (secondary N) is 2. The van der Waals surface area contributed by atoms with Crippen LogP contribution in [0.3, 0.4) is 0 Å². The lowest BCUT2D eigenvalue weighted by molar-refractivity contribution is -0.122. The van der Waals surface area contributed by atoms with Crippen molar-refractivity contribution in [3.63, 3.8) is 0 Å². The van der Waals surface area contributed by atoms with Crippen molar-refractivity contribution < 1.29 is 14.3 Å². The van der Waals surface area contributed by atoms with Gasteiger partial charge < -0.3 is 21.1 Å². The lowest BCUT2D eigenvalue weighted by atomic mass is 10.0. The highest BCUT2D eigenvalue weighted by molar-refractivity contribution is 5.91. The van der Waals surface area contributed by atoms with Gasteiger partial charge in [0, 0.05) is 32.3 Å². The van der Waals surface area contributed by atoms with E-state index in [1.807, 2.05) is 30.3 Å². The van der Waals surface area contributed by atoms with Crippen molar-refractivity contribution in [2.75, 3.05) is 25.6 Å². The maximum Gasteiger partial charge on any atom is 0.241 e. The molecule has 0 aliphatic rings. The van der Waals surface area contributed by atoms with Crippen LogP contribution in [-0.2, 0) is 20.9 Å². The quantitative estimate of drug-likeness (QED) is 0.563. The van der Waals surface area contributed by atoms with E-state index in [-0.39, 0.29) is 43.2 Å². The number of hydrogen-bond donors (Lipinski definition) is 3. The van der Waals surface area contributed by atoms with Gasteiger partial charge in [-0.25, -0.2) is 0 Å². The fraction of sp³-hybridized carbons (Fsp3) is 0.353. The van der Waals surface area contributed by atoms with Crippen molar-refractivity contribution in [1.82, 2.24) is 15.1 Å². The third-order valence-corrected chi connectivity index (χ3v) is 3.48. The molecule has 1 unspecified atom stereocenters. The molecule has 8 nitrogen and oxygen atoms in total. The molecule has 0 saturated heterocycles. The van der Waals surface area contributed by atoms with Crippen LogP contribution in [0.5, 0.6) is 0 Å². The van der Waals surface area contributed by atoms with Crippen LogP contribution in [0.25, 0.3) is 0 Å². The lowest BCUT2D eigenvalue weighted by Gasteiger charge is -2.11. The van der Waals surface area contributed by atoms with E-state index < -0.39 is 0 Å². The van der Waals surface area contributed by atoms with Crippen molar-refractivity contribution in [2.45, 2.75) is 19.0 Å². The largest absolute Gasteiger partial charge is 0.383 e. The van der Waals surface area contributed by atoms with Crippen LogP contribution >= 0.6 is 12.4 Å². The van der Waals surface area contributed by atoms with Crippen molar-refractivity contribution in [3.05, 3.63) is 48.3 Å². The van der Waals surface area contributed by atoms with E-state index in [0.29, 0.717) is 18.8 Å². The van der Waals surface area contributed by atoms with Crippen LogP contribution in [0.2, 0.25) is 0 Å². The van der Waals surface area contributed by atoms with Crippen LogP contribution in [0.1, 0.15) is 18.0 Å². The molecule has 26 heavy (non-hydrogen) atoms. The van der Waals surface area contributed by atoms with Crippen LogP contribution < -0.4 is 16.4 Å². The van der Waals surface area contributed by atoms with Crippen LogP contribution in [-0.4, -0.2) is 41.9 Å². The molecule has 9 heteroatoms. The predicted molar refractivity (Wildman–Crippen MR) is 101 cm³/mol. The highest BCUT2D eigenvalue weighted by Gasteiger charge is 2.12.